The number of carbonyl (C=O) groups is 2. The number of hydrogen-bond acceptors (Lipinski definition) is 4. The molecule has 3 aromatic rings. The van der Waals surface area contributed by atoms with Crippen LogP contribution in [0, 0.1) is 5.82 Å². The van der Waals surface area contributed by atoms with Crippen LogP contribution in [-0.4, -0.2) is 16.8 Å². The molecule has 0 aliphatic heterocycles. The van der Waals surface area contributed by atoms with Crippen LogP contribution in [-0.2, 0) is 4.79 Å². The van der Waals surface area contributed by atoms with Crippen LogP contribution in [0.5, 0.6) is 0 Å². The maximum atomic E-state index is 13.8. The Morgan fingerprint density at radius 1 is 1.17 bits per heavy atom. The fraction of sp³-hybridized carbons (Fsp3) is 0.0625. The number of anilines is 2. The molecule has 0 atom stereocenters. The largest absolute Gasteiger partial charge is 0.326 e. The third-order valence-corrected chi connectivity index (χ3v) is 4.53. The van der Waals surface area contributed by atoms with Crippen molar-refractivity contribution in [1.82, 2.24) is 4.98 Å². The van der Waals surface area contributed by atoms with Gasteiger partial charge in [-0.15, -0.1) is 0 Å². The predicted molar refractivity (Wildman–Crippen MR) is 96.0 cm³/mol. The zero-order chi connectivity index (χ0) is 17.3. The van der Waals surface area contributed by atoms with E-state index in [1.165, 1.54) is 30.4 Å². The Balaban J connectivity index is 1.84. The molecule has 0 fully saturated rings. The molecule has 0 radical (unpaired) electrons. The third-order valence-electron chi connectivity index (χ3n) is 3.11. The van der Waals surface area contributed by atoms with Gasteiger partial charge in [0.05, 0.1) is 15.8 Å². The van der Waals surface area contributed by atoms with Crippen LogP contribution in [0.1, 0.15) is 17.3 Å². The van der Waals surface area contributed by atoms with Crippen molar-refractivity contribution in [2.75, 3.05) is 10.6 Å². The second-order valence-corrected chi connectivity index (χ2v) is 6.91. The average molecular weight is 408 g/mol. The summed E-state index contributed by atoms with van der Waals surface area (Å²) < 4.78 is 15.2. The Kier molecular flexibility index (Phi) is 4.59. The number of benzene rings is 2. The van der Waals surface area contributed by atoms with Crippen molar-refractivity contribution in [3.63, 3.8) is 0 Å². The molecule has 0 saturated heterocycles. The van der Waals surface area contributed by atoms with Crippen molar-refractivity contribution in [3.8, 4) is 0 Å². The molecule has 24 heavy (non-hydrogen) atoms. The maximum absolute atomic E-state index is 13.8. The Morgan fingerprint density at radius 3 is 2.67 bits per heavy atom. The minimum Gasteiger partial charge on any atom is -0.326 e. The van der Waals surface area contributed by atoms with Crippen molar-refractivity contribution in [2.24, 2.45) is 0 Å². The van der Waals surface area contributed by atoms with Gasteiger partial charge in [-0.25, -0.2) is 9.37 Å². The number of amides is 2. The lowest BCUT2D eigenvalue weighted by Gasteiger charge is -2.03. The molecule has 2 N–H and O–H groups in total. The van der Waals surface area contributed by atoms with Gasteiger partial charge in [-0.3, -0.25) is 14.9 Å². The number of rotatable bonds is 3. The van der Waals surface area contributed by atoms with Crippen LogP contribution in [0.3, 0.4) is 0 Å². The van der Waals surface area contributed by atoms with Crippen LogP contribution >= 0.6 is 27.3 Å². The normalized spacial score (nSPS) is 10.6. The van der Waals surface area contributed by atoms with Gasteiger partial charge in [0.1, 0.15) is 5.82 Å². The van der Waals surface area contributed by atoms with E-state index >= 15 is 0 Å². The lowest BCUT2D eigenvalue weighted by Crippen LogP contribution is -2.13. The van der Waals surface area contributed by atoms with Gasteiger partial charge in [0.2, 0.25) is 5.91 Å². The van der Waals surface area contributed by atoms with E-state index in [0.717, 1.165) is 4.70 Å². The zero-order valence-electron chi connectivity index (χ0n) is 12.4. The summed E-state index contributed by atoms with van der Waals surface area (Å²) in [5, 5.41) is 5.64. The van der Waals surface area contributed by atoms with Gasteiger partial charge in [-0.1, -0.05) is 27.3 Å². The Bertz CT molecular complexity index is 958. The van der Waals surface area contributed by atoms with E-state index in [0.29, 0.717) is 20.8 Å². The number of fused-ring (bicyclic) bond motifs is 1. The monoisotopic (exact) mass is 407 g/mol. The van der Waals surface area contributed by atoms with Crippen LogP contribution < -0.4 is 10.6 Å². The second-order valence-electron chi connectivity index (χ2n) is 4.96. The van der Waals surface area contributed by atoms with Gasteiger partial charge < -0.3 is 5.32 Å². The number of thiazole rings is 1. The van der Waals surface area contributed by atoms with Gasteiger partial charge in [-0.2, -0.15) is 0 Å². The summed E-state index contributed by atoms with van der Waals surface area (Å²) in [7, 11) is 0. The minimum absolute atomic E-state index is 0.0589. The molecule has 3 rings (SSSR count). The van der Waals surface area contributed by atoms with Crippen molar-refractivity contribution in [3.05, 3.63) is 52.3 Å². The Hall–Kier alpha value is -2.32. The fourth-order valence-electron chi connectivity index (χ4n) is 2.10. The highest BCUT2D eigenvalue weighted by Gasteiger charge is 2.14. The molecule has 2 aromatic carbocycles. The molecule has 0 unspecified atom stereocenters. The molecule has 0 bridgehead atoms. The van der Waals surface area contributed by atoms with E-state index in [4.69, 9.17) is 0 Å². The molecular weight excluding hydrogens is 397 g/mol. The van der Waals surface area contributed by atoms with E-state index in [2.05, 4.69) is 31.5 Å². The average Bonchev–Trinajstić information content (AvgIpc) is 2.87. The first kappa shape index (κ1) is 16.5. The summed E-state index contributed by atoms with van der Waals surface area (Å²) in [5.74, 6) is -1.35. The summed E-state index contributed by atoms with van der Waals surface area (Å²) in [4.78, 5) is 27.6. The summed E-state index contributed by atoms with van der Waals surface area (Å²) in [6.07, 6.45) is 0. The molecule has 0 aliphatic carbocycles. The number of aromatic nitrogens is 1. The molecule has 1 heterocycles. The quantitative estimate of drug-likeness (QED) is 0.675. The maximum Gasteiger partial charge on any atom is 0.260 e. The summed E-state index contributed by atoms with van der Waals surface area (Å²) >= 11 is 4.39. The first-order chi connectivity index (χ1) is 11.4. The van der Waals surface area contributed by atoms with Crippen molar-refractivity contribution in [2.45, 2.75) is 6.92 Å². The van der Waals surface area contributed by atoms with E-state index in [-0.39, 0.29) is 11.5 Å². The molecular formula is C16H11BrFN3O2S. The van der Waals surface area contributed by atoms with Gasteiger partial charge in [-0.05, 0) is 36.4 Å². The Labute approximate surface area is 149 Å². The minimum atomic E-state index is -0.615. The van der Waals surface area contributed by atoms with Crippen LogP contribution in [0.4, 0.5) is 15.2 Å². The number of hydrogen-bond donors (Lipinski definition) is 2. The van der Waals surface area contributed by atoms with E-state index < -0.39 is 11.7 Å². The lowest BCUT2D eigenvalue weighted by molar-refractivity contribution is -0.114. The van der Waals surface area contributed by atoms with Crippen molar-refractivity contribution < 1.29 is 14.0 Å². The van der Waals surface area contributed by atoms with Crippen LogP contribution in [0.15, 0.2) is 40.9 Å². The predicted octanol–water partition coefficient (Wildman–Crippen LogP) is 4.41. The summed E-state index contributed by atoms with van der Waals surface area (Å²) in [6, 6.07) is 9.46. The first-order valence-corrected chi connectivity index (χ1v) is 8.48. The number of nitrogens with one attached hydrogen (secondary N) is 2. The van der Waals surface area contributed by atoms with E-state index in [1.807, 2.05) is 0 Å². The van der Waals surface area contributed by atoms with Gasteiger partial charge in [0.15, 0.2) is 5.13 Å². The smallest absolute Gasteiger partial charge is 0.260 e. The van der Waals surface area contributed by atoms with Gasteiger partial charge >= 0.3 is 0 Å². The third kappa shape index (κ3) is 3.60. The number of carbonyl (C=O) groups excluding carboxylic acids is 2. The fourth-order valence-corrected chi connectivity index (χ4v) is 3.33. The van der Waals surface area contributed by atoms with Crippen LogP contribution in [0.25, 0.3) is 10.2 Å². The molecule has 1 aromatic heterocycles. The summed E-state index contributed by atoms with van der Waals surface area (Å²) in [6.45, 7) is 1.43. The molecule has 0 saturated carbocycles. The molecule has 0 spiro atoms. The molecule has 5 nitrogen and oxygen atoms in total. The Morgan fingerprint density at radius 2 is 1.96 bits per heavy atom. The molecule has 2 amide bonds. The van der Waals surface area contributed by atoms with Crippen LogP contribution in [0.2, 0.25) is 0 Å². The molecule has 0 aliphatic rings. The van der Waals surface area contributed by atoms with Crippen molar-refractivity contribution in [1.29, 1.82) is 0 Å². The summed E-state index contributed by atoms with van der Waals surface area (Å²) in [5.41, 5.74) is 1.27. The highest BCUT2D eigenvalue weighted by molar-refractivity contribution is 9.10. The van der Waals surface area contributed by atoms with E-state index in [9.17, 15) is 14.0 Å². The number of halogens is 2. The topological polar surface area (TPSA) is 71.1 Å². The van der Waals surface area contributed by atoms with Gasteiger partial charge in [0.25, 0.3) is 5.91 Å². The zero-order valence-corrected chi connectivity index (χ0v) is 14.8. The SMILES string of the molecule is CC(=O)Nc1ccc2nc(NC(=O)c3ccc(Br)cc3F)sc2c1. The standard InChI is InChI=1S/C16H11BrFN3O2S/c1-8(22)19-10-3-5-13-14(7-10)24-16(20-13)21-15(23)11-4-2-9(17)6-12(11)18/h2-7H,1H3,(H,19,22)(H,20,21,23). The highest BCUT2D eigenvalue weighted by atomic mass is 79.9. The lowest BCUT2D eigenvalue weighted by atomic mass is 10.2. The highest BCUT2D eigenvalue weighted by Crippen LogP contribution is 2.29. The first-order valence-electron chi connectivity index (χ1n) is 6.87. The second kappa shape index (κ2) is 6.66. The van der Waals surface area contributed by atoms with Gasteiger partial charge in [0, 0.05) is 17.1 Å². The van der Waals surface area contributed by atoms with Crippen molar-refractivity contribution >= 4 is 60.1 Å². The van der Waals surface area contributed by atoms with E-state index in [1.54, 1.807) is 24.3 Å². The molecule has 122 valence electrons. The molecule has 8 heteroatoms. The number of nitrogens with zero attached hydrogens (tertiary/aromatic N) is 1.